The van der Waals surface area contributed by atoms with E-state index in [9.17, 15) is 18.0 Å². The van der Waals surface area contributed by atoms with Crippen LogP contribution in [0.25, 0.3) is 0 Å². The van der Waals surface area contributed by atoms with E-state index in [-0.39, 0.29) is 4.80 Å². The summed E-state index contributed by atoms with van der Waals surface area (Å²) < 4.78 is 36.5. The number of carbonyl (C=O) groups excluding carboxylic acids is 1. The summed E-state index contributed by atoms with van der Waals surface area (Å²) in [7, 11) is 1.51. The Morgan fingerprint density at radius 3 is 2.62 bits per heavy atom. The predicted octanol–water partition coefficient (Wildman–Crippen LogP) is 1.08. The lowest BCUT2D eigenvalue weighted by molar-refractivity contribution is -0.169. The number of carbonyl (C=O) groups is 1. The lowest BCUT2D eigenvalue weighted by Crippen LogP contribution is -2.24. The Labute approximate surface area is 75.1 Å². The van der Waals surface area contributed by atoms with Crippen molar-refractivity contribution in [3.63, 3.8) is 0 Å². The predicted molar refractivity (Wildman–Crippen MR) is 39.9 cm³/mol. The average Bonchev–Trinajstić information content (AvgIpc) is 2.34. The number of alkyl halides is 3. The van der Waals surface area contributed by atoms with Crippen LogP contribution in [0.15, 0.2) is 16.6 Å². The summed E-state index contributed by atoms with van der Waals surface area (Å²) in [6, 6.07) is 0. The summed E-state index contributed by atoms with van der Waals surface area (Å²) in [5, 5.41) is 1.54. The second kappa shape index (κ2) is 3.33. The van der Waals surface area contributed by atoms with Gasteiger partial charge in [-0.2, -0.15) is 18.2 Å². The fourth-order valence-corrected chi connectivity index (χ4v) is 1.31. The van der Waals surface area contributed by atoms with Crippen LogP contribution in [0.5, 0.6) is 0 Å². The molecule has 0 unspecified atom stereocenters. The highest BCUT2D eigenvalue weighted by Gasteiger charge is 2.38. The Morgan fingerprint density at radius 1 is 1.62 bits per heavy atom. The third-order valence-electron chi connectivity index (χ3n) is 1.20. The van der Waals surface area contributed by atoms with Gasteiger partial charge in [0.15, 0.2) is 4.80 Å². The summed E-state index contributed by atoms with van der Waals surface area (Å²) in [6.07, 6.45) is -3.37. The third kappa shape index (κ3) is 2.41. The van der Waals surface area contributed by atoms with Gasteiger partial charge in [-0.25, -0.2) is 0 Å². The molecule has 1 amide bonds. The molecule has 0 saturated carbocycles. The molecule has 0 aliphatic carbocycles. The molecule has 1 heterocycles. The van der Waals surface area contributed by atoms with Crippen LogP contribution in [-0.4, -0.2) is 16.7 Å². The summed E-state index contributed by atoms with van der Waals surface area (Å²) in [5.74, 6) is -2.08. The number of thiazole rings is 1. The molecule has 0 bridgehead atoms. The lowest BCUT2D eigenvalue weighted by atomic mass is 10.6. The fourth-order valence-electron chi connectivity index (χ4n) is 0.585. The zero-order chi connectivity index (χ0) is 10.1. The first kappa shape index (κ1) is 9.97. The van der Waals surface area contributed by atoms with Crippen molar-refractivity contribution in [2.45, 2.75) is 6.18 Å². The van der Waals surface area contributed by atoms with Crippen molar-refractivity contribution in [1.82, 2.24) is 4.57 Å². The molecule has 0 saturated heterocycles. The Morgan fingerprint density at radius 2 is 2.23 bits per heavy atom. The van der Waals surface area contributed by atoms with Gasteiger partial charge in [-0.05, 0) is 0 Å². The molecule has 7 heteroatoms. The SMILES string of the molecule is Cn1ccs/c1=N/C(=O)C(F)(F)F. The van der Waals surface area contributed by atoms with Crippen molar-refractivity contribution >= 4 is 17.2 Å². The fraction of sp³-hybridized carbons (Fsp3) is 0.333. The Balaban J connectivity index is 3.04. The van der Waals surface area contributed by atoms with Crippen molar-refractivity contribution in [3.05, 3.63) is 16.4 Å². The zero-order valence-corrected chi connectivity index (χ0v) is 7.32. The van der Waals surface area contributed by atoms with Crippen molar-refractivity contribution in [2.75, 3.05) is 0 Å². The molecule has 72 valence electrons. The van der Waals surface area contributed by atoms with E-state index >= 15 is 0 Å². The van der Waals surface area contributed by atoms with Gasteiger partial charge in [0, 0.05) is 18.6 Å². The van der Waals surface area contributed by atoms with E-state index in [1.807, 2.05) is 0 Å². The molecule has 0 radical (unpaired) electrons. The Kier molecular flexibility index (Phi) is 2.55. The highest BCUT2D eigenvalue weighted by Crippen LogP contribution is 2.15. The van der Waals surface area contributed by atoms with E-state index in [1.54, 1.807) is 5.38 Å². The first-order chi connectivity index (χ1) is 5.91. The molecule has 1 aromatic rings. The minimum Gasteiger partial charge on any atom is -0.327 e. The van der Waals surface area contributed by atoms with E-state index < -0.39 is 12.1 Å². The number of aryl methyl sites for hydroxylation is 1. The number of hydrogen-bond acceptors (Lipinski definition) is 2. The van der Waals surface area contributed by atoms with Crippen molar-refractivity contribution in [1.29, 1.82) is 0 Å². The third-order valence-corrected chi connectivity index (χ3v) is 2.05. The van der Waals surface area contributed by atoms with Crippen LogP contribution in [0.3, 0.4) is 0 Å². The largest absolute Gasteiger partial charge is 0.473 e. The van der Waals surface area contributed by atoms with E-state index in [0.29, 0.717) is 0 Å². The molecule has 0 atom stereocenters. The molecule has 0 N–H and O–H groups in total. The topological polar surface area (TPSA) is 34.4 Å². The van der Waals surface area contributed by atoms with Crippen molar-refractivity contribution < 1.29 is 18.0 Å². The van der Waals surface area contributed by atoms with Gasteiger partial charge in [0.25, 0.3) is 0 Å². The van der Waals surface area contributed by atoms with Gasteiger partial charge in [-0.1, -0.05) is 0 Å². The molecular formula is C6H5F3N2OS. The summed E-state index contributed by atoms with van der Waals surface area (Å²) in [4.78, 5) is 13.3. The van der Waals surface area contributed by atoms with E-state index in [0.717, 1.165) is 11.3 Å². The second-order valence-corrected chi connectivity index (χ2v) is 3.08. The van der Waals surface area contributed by atoms with Crippen LogP contribution < -0.4 is 4.80 Å². The Bertz CT molecular complexity index is 376. The van der Waals surface area contributed by atoms with Gasteiger partial charge >= 0.3 is 12.1 Å². The van der Waals surface area contributed by atoms with Gasteiger partial charge in [0.2, 0.25) is 0 Å². The smallest absolute Gasteiger partial charge is 0.327 e. The van der Waals surface area contributed by atoms with Crippen LogP contribution in [0.4, 0.5) is 13.2 Å². The quantitative estimate of drug-likeness (QED) is 0.630. The van der Waals surface area contributed by atoms with E-state index in [1.165, 1.54) is 17.8 Å². The maximum atomic E-state index is 11.7. The maximum absolute atomic E-state index is 11.7. The zero-order valence-electron chi connectivity index (χ0n) is 6.50. The van der Waals surface area contributed by atoms with Gasteiger partial charge in [-0.3, -0.25) is 4.79 Å². The average molecular weight is 210 g/mol. The molecule has 0 aliphatic rings. The number of rotatable bonds is 0. The highest BCUT2D eigenvalue weighted by atomic mass is 32.1. The van der Waals surface area contributed by atoms with Crippen LogP contribution in [0.1, 0.15) is 0 Å². The highest BCUT2D eigenvalue weighted by molar-refractivity contribution is 7.07. The monoisotopic (exact) mass is 210 g/mol. The van der Waals surface area contributed by atoms with Crippen LogP contribution >= 0.6 is 11.3 Å². The second-order valence-electron chi connectivity index (χ2n) is 2.21. The molecule has 3 nitrogen and oxygen atoms in total. The van der Waals surface area contributed by atoms with Gasteiger partial charge in [0.1, 0.15) is 0 Å². The van der Waals surface area contributed by atoms with E-state index in [4.69, 9.17) is 0 Å². The van der Waals surface area contributed by atoms with Crippen LogP contribution in [0.2, 0.25) is 0 Å². The number of amides is 1. The van der Waals surface area contributed by atoms with Crippen molar-refractivity contribution in [3.8, 4) is 0 Å². The van der Waals surface area contributed by atoms with Gasteiger partial charge < -0.3 is 4.57 Å². The Hall–Kier alpha value is -1.11. The summed E-state index contributed by atoms with van der Waals surface area (Å²) in [5.41, 5.74) is 0. The molecule has 0 aromatic carbocycles. The number of hydrogen-bond donors (Lipinski definition) is 0. The summed E-state index contributed by atoms with van der Waals surface area (Å²) in [6.45, 7) is 0. The van der Waals surface area contributed by atoms with Crippen LogP contribution in [0, 0.1) is 0 Å². The lowest BCUT2D eigenvalue weighted by Gasteiger charge is -1.97. The number of halogens is 3. The molecule has 1 aromatic heterocycles. The van der Waals surface area contributed by atoms with E-state index in [2.05, 4.69) is 4.99 Å². The molecule has 0 spiro atoms. The summed E-state index contributed by atoms with van der Waals surface area (Å²) >= 11 is 0.969. The first-order valence-corrected chi connectivity index (χ1v) is 4.05. The molecule has 0 fully saturated rings. The van der Waals surface area contributed by atoms with Crippen LogP contribution in [-0.2, 0) is 11.8 Å². The number of aromatic nitrogens is 1. The minimum absolute atomic E-state index is 0.0299. The molecule has 13 heavy (non-hydrogen) atoms. The van der Waals surface area contributed by atoms with Gasteiger partial charge in [0.05, 0.1) is 0 Å². The normalized spacial score (nSPS) is 13.4. The molecule has 1 rings (SSSR count). The maximum Gasteiger partial charge on any atom is 0.473 e. The molecule has 0 aliphatic heterocycles. The molecular weight excluding hydrogens is 205 g/mol. The first-order valence-electron chi connectivity index (χ1n) is 3.17. The van der Waals surface area contributed by atoms with Gasteiger partial charge in [-0.15, -0.1) is 11.3 Å². The standard InChI is InChI=1S/C6H5F3N2OS/c1-11-2-3-13-5(11)10-4(12)6(7,8)9/h2-3H,1H3/b10-5+. The number of nitrogens with zero attached hydrogens (tertiary/aromatic N) is 2. The van der Waals surface area contributed by atoms with Crippen molar-refractivity contribution in [2.24, 2.45) is 12.0 Å². The minimum atomic E-state index is -4.89.